The van der Waals surface area contributed by atoms with Crippen LogP contribution in [0, 0.1) is 0 Å². The minimum atomic E-state index is -0.986. The van der Waals surface area contributed by atoms with Crippen LogP contribution in [0.2, 0.25) is 0 Å². The van der Waals surface area contributed by atoms with Crippen molar-refractivity contribution in [3.05, 3.63) is 30.0 Å². The van der Waals surface area contributed by atoms with Gasteiger partial charge in [-0.1, -0.05) is 12.1 Å². The van der Waals surface area contributed by atoms with Gasteiger partial charge in [-0.25, -0.2) is 4.79 Å². The summed E-state index contributed by atoms with van der Waals surface area (Å²) in [4.78, 5) is 11.1. The molecule has 0 aliphatic heterocycles. The second kappa shape index (κ2) is 4.47. The van der Waals surface area contributed by atoms with Gasteiger partial charge in [0.2, 0.25) is 0 Å². The van der Waals surface area contributed by atoms with Crippen molar-refractivity contribution in [2.45, 2.75) is 6.73 Å². The zero-order valence-electron chi connectivity index (χ0n) is 9.64. The summed E-state index contributed by atoms with van der Waals surface area (Å²) in [5.74, 6) is -0.354. The maximum atomic E-state index is 11.1. The fourth-order valence-electron chi connectivity index (χ4n) is 1.90. The Kier molecular flexibility index (Phi) is 3.01. The van der Waals surface area contributed by atoms with E-state index in [1.54, 1.807) is 23.8 Å². The summed E-state index contributed by atoms with van der Waals surface area (Å²) in [6, 6.07) is 7.07. The van der Waals surface area contributed by atoms with Gasteiger partial charge in [-0.2, -0.15) is 0 Å². The second-order valence-electron chi connectivity index (χ2n) is 3.58. The number of rotatable bonds is 4. The molecule has 17 heavy (non-hydrogen) atoms. The Balaban J connectivity index is 2.76. The predicted molar refractivity (Wildman–Crippen MR) is 62.5 cm³/mol. The van der Waals surface area contributed by atoms with Gasteiger partial charge in [0.1, 0.15) is 18.2 Å². The highest BCUT2D eigenvalue weighted by Crippen LogP contribution is 2.28. The Bertz CT molecular complexity index is 559. The molecule has 0 fully saturated rings. The van der Waals surface area contributed by atoms with Crippen LogP contribution in [0.4, 0.5) is 0 Å². The van der Waals surface area contributed by atoms with Gasteiger partial charge in [0.25, 0.3) is 0 Å². The van der Waals surface area contributed by atoms with Gasteiger partial charge in [0.15, 0.2) is 0 Å². The lowest BCUT2D eigenvalue weighted by molar-refractivity contribution is 0.0663. The molecule has 5 nitrogen and oxygen atoms in total. The average molecular weight is 235 g/mol. The number of hydrogen-bond acceptors (Lipinski definition) is 3. The largest absolute Gasteiger partial charge is 0.495 e. The molecule has 1 heterocycles. The molecule has 0 saturated carbocycles. The smallest absolute Gasteiger partial charge is 0.352 e. The van der Waals surface area contributed by atoms with Gasteiger partial charge in [-0.15, -0.1) is 0 Å². The van der Waals surface area contributed by atoms with Crippen molar-refractivity contribution in [2.24, 2.45) is 0 Å². The second-order valence-corrected chi connectivity index (χ2v) is 3.58. The molecule has 0 atom stereocenters. The molecule has 0 amide bonds. The Hall–Kier alpha value is -2.01. The molecule has 2 aromatic rings. The molecule has 5 heteroatoms. The summed E-state index contributed by atoms with van der Waals surface area (Å²) in [6.45, 7) is 0.172. The van der Waals surface area contributed by atoms with E-state index in [0.717, 1.165) is 10.9 Å². The Morgan fingerprint density at radius 1 is 1.41 bits per heavy atom. The number of carboxylic acids is 1. The molecule has 1 N–H and O–H groups in total. The minimum absolute atomic E-state index is 0.172. The number of nitrogens with zero attached hydrogens (tertiary/aromatic N) is 1. The third-order valence-electron chi connectivity index (χ3n) is 2.58. The van der Waals surface area contributed by atoms with Gasteiger partial charge < -0.3 is 19.1 Å². The summed E-state index contributed by atoms with van der Waals surface area (Å²) in [5, 5.41) is 9.96. The highest BCUT2D eigenvalue weighted by atomic mass is 16.5. The van der Waals surface area contributed by atoms with E-state index in [0.29, 0.717) is 5.75 Å². The highest BCUT2D eigenvalue weighted by Gasteiger charge is 2.16. The summed E-state index contributed by atoms with van der Waals surface area (Å²) in [7, 11) is 3.08. The quantitative estimate of drug-likeness (QED) is 0.879. The van der Waals surface area contributed by atoms with Crippen molar-refractivity contribution < 1.29 is 19.4 Å². The zero-order valence-corrected chi connectivity index (χ0v) is 9.64. The van der Waals surface area contributed by atoms with Gasteiger partial charge in [-0.3, -0.25) is 0 Å². The summed E-state index contributed by atoms with van der Waals surface area (Å²) in [5.41, 5.74) is 0.917. The van der Waals surface area contributed by atoms with Gasteiger partial charge in [-0.05, 0) is 12.1 Å². The minimum Gasteiger partial charge on any atom is -0.495 e. The number of carbonyl (C=O) groups is 1. The van der Waals surface area contributed by atoms with Crippen LogP contribution in [0.25, 0.3) is 10.9 Å². The van der Waals surface area contributed by atoms with E-state index in [1.807, 2.05) is 12.1 Å². The maximum Gasteiger partial charge on any atom is 0.352 e. The summed E-state index contributed by atoms with van der Waals surface area (Å²) in [6.07, 6.45) is 0. The first-order valence-electron chi connectivity index (χ1n) is 5.07. The standard InChI is InChI=1S/C12H13NO4/c1-16-7-13-9(12(14)15)6-8-4-3-5-10(17-2)11(8)13/h3-6H,7H2,1-2H3,(H,14,15). The number of para-hydroxylation sites is 1. The van der Waals surface area contributed by atoms with E-state index in [2.05, 4.69) is 0 Å². The number of aromatic carboxylic acids is 1. The van der Waals surface area contributed by atoms with Crippen molar-refractivity contribution in [2.75, 3.05) is 14.2 Å². The molecule has 0 aliphatic rings. The number of methoxy groups -OCH3 is 2. The third-order valence-corrected chi connectivity index (χ3v) is 2.58. The SMILES string of the molecule is COCn1c(C(=O)O)cc2cccc(OC)c21. The topological polar surface area (TPSA) is 60.7 Å². The molecule has 90 valence electrons. The molecule has 1 aromatic carbocycles. The lowest BCUT2D eigenvalue weighted by atomic mass is 10.2. The molecular weight excluding hydrogens is 222 g/mol. The number of ether oxygens (including phenoxy) is 2. The Morgan fingerprint density at radius 3 is 2.76 bits per heavy atom. The lowest BCUT2D eigenvalue weighted by Gasteiger charge is -2.09. The predicted octanol–water partition coefficient (Wildman–Crippen LogP) is 1.95. The number of carboxylic acid groups (broad SMARTS) is 1. The molecule has 2 rings (SSSR count). The van der Waals surface area contributed by atoms with Crippen LogP contribution in [0.1, 0.15) is 10.5 Å². The van der Waals surface area contributed by atoms with Crippen LogP contribution in [-0.4, -0.2) is 29.9 Å². The first-order chi connectivity index (χ1) is 8.19. The van der Waals surface area contributed by atoms with Crippen LogP contribution in [0.15, 0.2) is 24.3 Å². The molecular formula is C12H13NO4. The van der Waals surface area contributed by atoms with Crippen LogP contribution in [-0.2, 0) is 11.5 Å². The first-order valence-corrected chi connectivity index (χ1v) is 5.07. The Labute approximate surface area is 98.2 Å². The van der Waals surface area contributed by atoms with Crippen LogP contribution in [0.5, 0.6) is 5.75 Å². The van der Waals surface area contributed by atoms with Gasteiger partial charge in [0, 0.05) is 12.5 Å². The normalized spacial score (nSPS) is 10.7. The molecule has 1 aromatic heterocycles. The Morgan fingerprint density at radius 2 is 2.18 bits per heavy atom. The zero-order chi connectivity index (χ0) is 12.4. The highest BCUT2D eigenvalue weighted by molar-refractivity contribution is 5.96. The van der Waals surface area contributed by atoms with E-state index < -0.39 is 5.97 Å². The van der Waals surface area contributed by atoms with Crippen molar-refractivity contribution in [3.8, 4) is 5.75 Å². The maximum absolute atomic E-state index is 11.1. The number of fused-ring (bicyclic) bond motifs is 1. The van der Waals surface area contributed by atoms with Gasteiger partial charge in [0.05, 0.1) is 12.6 Å². The van der Waals surface area contributed by atoms with E-state index in [-0.39, 0.29) is 12.4 Å². The summed E-state index contributed by atoms with van der Waals surface area (Å²) >= 11 is 0. The third kappa shape index (κ3) is 1.85. The number of hydrogen-bond donors (Lipinski definition) is 1. The lowest BCUT2D eigenvalue weighted by Crippen LogP contribution is -2.09. The van der Waals surface area contributed by atoms with Crippen LogP contribution in [0.3, 0.4) is 0 Å². The molecule has 0 saturated heterocycles. The van der Waals surface area contributed by atoms with Crippen molar-refractivity contribution in [1.82, 2.24) is 4.57 Å². The average Bonchev–Trinajstić information content (AvgIpc) is 2.69. The van der Waals surface area contributed by atoms with E-state index in [1.165, 1.54) is 7.11 Å². The number of benzene rings is 1. The van der Waals surface area contributed by atoms with Crippen molar-refractivity contribution in [1.29, 1.82) is 0 Å². The number of aromatic nitrogens is 1. The monoisotopic (exact) mass is 235 g/mol. The molecule has 0 radical (unpaired) electrons. The molecule has 0 unspecified atom stereocenters. The molecule has 0 bridgehead atoms. The fourth-order valence-corrected chi connectivity index (χ4v) is 1.90. The molecule has 0 spiro atoms. The van der Waals surface area contributed by atoms with E-state index in [4.69, 9.17) is 14.6 Å². The summed E-state index contributed by atoms with van der Waals surface area (Å²) < 4.78 is 11.8. The van der Waals surface area contributed by atoms with E-state index in [9.17, 15) is 4.79 Å². The molecule has 0 aliphatic carbocycles. The van der Waals surface area contributed by atoms with Crippen LogP contribution < -0.4 is 4.74 Å². The van der Waals surface area contributed by atoms with Crippen molar-refractivity contribution in [3.63, 3.8) is 0 Å². The van der Waals surface area contributed by atoms with Crippen molar-refractivity contribution >= 4 is 16.9 Å². The fraction of sp³-hybridized carbons (Fsp3) is 0.250. The first kappa shape index (κ1) is 11.5. The van der Waals surface area contributed by atoms with E-state index >= 15 is 0 Å². The van der Waals surface area contributed by atoms with Crippen LogP contribution >= 0.6 is 0 Å². The van der Waals surface area contributed by atoms with Gasteiger partial charge >= 0.3 is 5.97 Å².